The second-order valence-corrected chi connectivity index (χ2v) is 6.00. The predicted octanol–water partition coefficient (Wildman–Crippen LogP) is 2.05. The Morgan fingerprint density at radius 2 is 1.81 bits per heavy atom. The molecule has 142 valence electrons. The number of carbonyl (C=O) groups excluding carboxylic acids is 2. The molecule has 5 N–H and O–H groups in total. The minimum Gasteiger partial charge on any atom is -0.465 e. The van der Waals surface area contributed by atoms with Crippen molar-refractivity contribution in [3.8, 4) is 11.3 Å². The topological polar surface area (TPSA) is 148 Å². The van der Waals surface area contributed by atoms with Crippen molar-refractivity contribution in [3.63, 3.8) is 0 Å². The van der Waals surface area contributed by atoms with E-state index in [4.69, 9.17) is 15.4 Å². The van der Waals surface area contributed by atoms with E-state index in [1.165, 1.54) is 24.3 Å². The van der Waals surface area contributed by atoms with E-state index in [0.717, 1.165) is 0 Å². The molecule has 1 aliphatic carbocycles. The molecule has 11 heteroatoms. The number of benzene rings is 1. The Morgan fingerprint density at radius 3 is 2.33 bits per heavy atom. The van der Waals surface area contributed by atoms with E-state index in [9.17, 15) is 23.2 Å². The number of aryl methyl sites for hydroxylation is 1. The first-order valence-corrected chi connectivity index (χ1v) is 7.67. The first-order chi connectivity index (χ1) is 12.6. The van der Waals surface area contributed by atoms with Crippen molar-refractivity contribution in [2.75, 3.05) is 10.6 Å². The number of nitrogens with two attached hydrogens (primary N) is 1. The highest BCUT2D eigenvalue weighted by Crippen LogP contribution is 2.55. The second-order valence-electron chi connectivity index (χ2n) is 6.00. The van der Waals surface area contributed by atoms with Crippen molar-refractivity contribution in [2.45, 2.75) is 12.8 Å². The van der Waals surface area contributed by atoms with Gasteiger partial charge in [0.2, 0.25) is 11.8 Å². The summed E-state index contributed by atoms with van der Waals surface area (Å²) in [5.41, 5.74) is 6.02. The Labute approximate surface area is 150 Å². The molecule has 1 aromatic heterocycles. The zero-order valence-electron chi connectivity index (χ0n) is 13.8. The first kappa shape index (κ1) is 18.3. The number of carbonyl (C=O) groups is 3. The third-order valence-electron chi connectivity index (χ3n) is 4.15. The third-order valence-corrected chi connectivity index (χ3v) is 4.15. The lowest BCUT2D eigenvalue weighted by Crippen LogP contribution is -2.20. The van der Waals surface area contributed by atoms with E-state index < -0.39 is 35.7 Å². The fourth-order valence-electron chi connectivity index (χ4n) is 2.75. The number of anilines is 2. The number of halogens is 2. The highest BCUT2D eigenvalue weighted by atomic mass is 19.3. The Hall–Kier alpha value is -3.50. The molecule has 1 saturated carbocycles. The molecular weight excluding hydrogens is 366 g/mol. The van der Waals surface area contributed by atoms with Crippen molar-refractivity contribution >= 4 is 29.3 Å². The van der Waals surface area contributed by atoms with Gasteiger partial charge in [-0.05, 0) is 31.2 Å². The average molecular weight is 380 g/mol. The van der Waals surface area contributed by atoms with Gasteiger partial charge in [0.05, 0.1) is 0 Å². The molecule has 1 aliphatic rings. The zero-order valence-corrected chi connectivity index (χ0v) is 13.8. The van der Waals surface area contributed by atoms with E-state index >= 15 is 0 Å². The molecule has 0 bridgehead atoms. The third kappa shape index (κ3) is 3.30. The second kappa shape index (κ2) is 6.34. The molecule has 9 nitrogen and oxygen atoms in total. The summed E-state index contributed by atoms with van der Waals surface area (Å²) in [6.45, 7) is 1.55. The van der Waals surface area contributed by atoms with Crippen LogP contribution in [-0.4, -0.2) is 34.1 Å². The van der Waals surface area contributed by atoms with Gasteiger partial charge in [-0.2, -0.15) is 0 Å². The van der Waals surface area contributed by atoms with E-state index in [2.05, 4.69) is 15.8 Å². The van der Waals surface area contributed by atoms with Crippen molar-refractivity contribution in [3.05, 3.63) is 30.0 Å². The molecule has 0 spiro atoms. The van der Waals surface area contributed by atoms with Crippen LogP contribution < -0.4 is 16.4 Å². The minimum atomic E-state index is -3.45. The van der Waals surface area contributed by atoms with Gasteiger partial charge in [-0.3, -0.25) is 14.9 Å². The monoisotopic (exact) mass is 380 g/mol. The minimum absolute atomic E-state index is 0.162. The first-order valence-electron chi connectivity index (χ1n) is 7.67. The summed E-state index contributed by atoms with van der Waals surface area (Å²) < 4.78 is 32.0. The summed E-state index contributed by atoms with van der Waals surface area (Å²) >= 11 is 0. The number of rotatable bonds is 5. The fraction of sp³-hybridized carbons (Fsp3) is 0.250. The van der Waals surface area contributed by atoms with Crippen LogP contribution in [0.5, 0.6) is 0 Å². The van der Waals surface area contributed by atoms with Crippen LogP contribution >= 0.6 is 0 Å². The van der Waals surface area contributed by atoms with Crippen molar-refractivity contribution in [1.29, 1.82) is 0 Å². The number of nitrogens with zero attached hydrogens (tertiary/aromatic N) is 1. The molecule has 0 radical (unpaired) electrons. The number of alkyl halides is 2. The van der Waals surface area contributed by atoms with Crippen LogP contribution in [-0.2, 0) is 9.59 Å². The van der Waals surface area contributed by atoms with Gasteiger partial charge in [-0.1, -0.05) is 5.16 Å². The Bertz CT molecular complexity index is 925. The largest absolute Gasteiger partial charge is 0.465 e. The van der Waals surface area contributed by atoms with E-state index in [-0.39, 0.29) is 17.1 Å². The number of primary amides is 1. The lowest BCUT2D eigenvalue weighted by atomic mass is 10.1. The number of hydrogen-bond donors (Lipinski definition) is 4. The molecule has 1 heterocycles. The Balaban J connectivity index is 1.75. The van der Waals surface area contributed by atoms with Gasteiger partial charge in [0.1, 0.15) is 23.2 Å². The van der Waals surface area contributed by atoms with E-state index in [1.807, 2.05) is 0 Å². The summed E-state index contributed by atoms with van der Waals surface area (Å²) in [7, 11) is 0. The van der Waals surface area contributed by atoms with Crippen molar-refractivity contribution < 1.29 is 32.8 Å². The van der Waals surface area contributed by atoms with Crippen molar-refractivity contribution in [1.82, 2.24) is 5.16 Å². The summed E-state index contributed by atoms with van der Waals surface area (Å²) in [5, 5.41) is 17.0. The molecule has 2 aromatic rings. The van der Waals surface area contributed by atoms with Crippen LogP contribution in [0.3, 0.4) is 0 Å². The van der Waals surface area contributed by atoms with Gasteiger partial charge >= 0.3 is 6.09 Å². The van der Waals surface area contributed by atoms with E-state index in [0.29, 0.717) is 11.3 Å². The van der Waals surface area contributed by atoms with Crippen molar-refractivity contribution in [2.24, 2.45) is 17.6 Å². The molecular formula is C16H14F2N4O5. The molecule has 1 aromatic carbocycles. The van der Waals surface area contributed by atoms with Crippen LogP contribution in [0.25, 0.3) is 11.3 Å². The average Bonchev–Trinajstić information content (AvgIpc) is 3.01. The lowest BCUT2D eigenvalue weighted by Gasteiger charge is -2.06. The summed E-state index contributed by atoms with van der Waals surface area (Å²) in [5.74, 6) is -9.13. The SMILES string of the molecule is Cc1noc(-c2ccc(NC(=O)C3C(C(N)=O)C3(F)F)cc2)c1NC(=O)O. The molecule has 0 saturated heterocycles. The van der Waals surface area contributed by atoms with Gasteiger partial charge < -0.3 is 20.7 Å². The predicted molar refractivity (Wildman–Crippen MR) is 88.1 cm³/mol. The maximum atomic E-state index is 13.5. The molecule has 3 amide bonds. The highest BCUT2D eigenvalue weighted by Gasteiger charge is 2.74. The lowest BCUT2D eigenvalue weighted by molar-refractivity contribution is -0.123. The number of hydrogen-bond acceptors (Lipinski definition) is 5. The quantitative estimate of drug-likeness (QED) is 0.624. The zero-order chi connectivity index (χ0) is 19.9. The molecule has 0 aliphatic heterocycles. The van der Waals surface area contributed by atoms with Gasteiger partial charge in [-0.25, -0.2) is 13.6 Å². The van der Waals surface area contributed by atoms with Gasteiger partial charge in [0.25, 0.3) is 5.92 Å². The van der Waals surface area contributed by atoms with E-state index in [1.54, 1.807) is 6.92 Å². The van der Waals surface area contributed by atoms with Gasteiger partial charge in [0, 0.05) is 11.3 Å². The van der Waals surface area contributed by atoms with Gasteiger partial charge in [-0.15, -0.1) is 0 Å². The maximum absolute atomic E-state index is 13.5. The number of nitrogens with one attached hydrogen (secondary N) is 2. The Morgan fingerprint density at radius 1 is 1.19 bits per heavy atom. The fourth-order valence-corrected chi connectivity index (χ4v) is 2.75. The molecule has 3 rings (SSSR count). The van der Waals surface area contributed by atoms with Crippen LogP contribution in [0.1, 0.15) is 5.69 Å². The molecule has 2 atom stereocenters. The highest BCUT2D eigenvalue weighted by molar-refractivity contribution is 6.01. The number of aromatic nitrogens is 1. The van der Waals surface area contributed by atoms with Gasteiger partial charge in [0.15, 0.2) is 5.76 Å². The molecule has 1 fully saturated rings. The van der Waals surface area contributed by atoms with Crippen LogP contribution in [0.2, 0.25) is 0 Å². The van der Waals surface area contributed by atoms with Crippen LogP contribution in [0.15, 0.2) is 28.8 Å². The van der Waals surface area contributed by atoms with Crippen LogP contribution in [0.4, 0.5) is 25.0 Å². The standard InChI is InChI=1S/C16H14F2N4O5/c1-6-11(21-15(25)26)12(27-22-6)7-2-4-8(5-3-7)20-14(24)10-9(13(19)23)16(10,17)18/h2-5,9-10,21H,1H3,(H2,19,23)(H,20,24)(H,25,26). The molecule has 2 unspecified atom stereocenters. The maximum Gasteiger partial charge on any atom is 0.409 e. The Kier molecular flexibility index (Phi) is 4.30. The molecule has 27 heavy (non-hydrogen) atoms. The summed E-state index contributed by atoms with van der Waals surface area (Å²) in [6, 6.07) is 5.79. The smallest absolute Gasteiger partial charge is 0.409 e. The summed E-state index contributed by atoms with van der Waals surface area (Å²) in [4.78, 5) is 33.7. The number of carboxylic acid groups (broad SMARTS) is 1. The summed E-state index contributed by atoms with van der Waals surface area (Å²) in [6.07, 6.45) is -1.29. The van der Waals surface area contributed by atoms with Crippen LogP contribution in [0, 0.1) is 18.8 Å². The normalized spacial score (nSPS) is 20.0. The number of amides is 3.